The topological polar surface area (TPSA) is 92.3 Å². The zero-order valence-corrected chi connectivity index (χ0v) is 20.7. The molecule has 0 radical (unpaired) electrons. The summed E-state index contributed by atoms with van der Waals surface area (Å²) in [5.41, 5.74) is 0. The fraction of sp³-hybridized carbons (Fsp3) is 1.00. The van der Waals surface area contributed by atoms with Gasteiger partial charge in [0.1, 0.15) is 18.3 Å². The molecule has 0 rings (SSSR count). The van der Waals surface area contributed by atoms with Crippen LogP contribution in [0.4, 0.5) is 0 Å². The SMILES string of the molecule is CCOCC(COCC(COCC(COCC)OCCOC)OCCOC)OCCOC. The van der Waals surface area contributed by atoms with Crippen LogP contribution >= 0.6 is 0 Å². The van der Waals surface area contributed by atoms with Crippen molar-refractivity contribution >= 4 is 0 Å². The highest BCUT2D eigenvalue weighted by Gasteiger charge is 2.16. The van der Waals surface area contributed by atoms with E-state index in [2.05, 4.69) is 0 Å². The zero-order chi connectivity index (χ0) is 23.7. The van der Waals surface area contributed by atoms with Crippen LogP contribution < -0.4 is 0 Å². The van der Waals surface area contributed by atoms with Gasteiger partial charge in [0, 0.05) is 34.5 Å². The summed E-state index contributed by atoms with van der Waals surface area (Å²) >= 11 is 0. The molecule has 10 heteroatoms. The summed E-state index contributed by atoms with van der Waals surface area (Å²) in [6.07, 6.45) is -0.589. The largest absolute Gasteiger partial charge is 0.382 e. The lowest BCUT2D eigenvalue weighted by Gasteiger charge is -2.23. The van der Waals surface area contributed by atoms with Gasteiger partial charge in [0.25, 0.3) is 0 Å². The van der Waals surface area contributed by atoms with Gasteiger partial charge in [-0.1, -0.05) is 0 Å². The molecule has 0 amide bonds. The predicted octanol–water partition coefficient (Wildman–Crippen LogP) is 1.19. The van der Waals surface area contributed by atoms with E-state index in [9.17, 15) is 0 Å². The number of hydrogen-bond acceptors (Lipinski definition) is 10. The molecule has 0 fully saturated rings. The van der Waals surface area contributed by atoms with Gasteiger partial charge in [0.15, 0.2) is 0 Å². The summed E-state index contributed by atoms with van der Waals surface area (Å²) in [5, 5.41) is 0. The molecule has 10 nitrogen and oxygen atoms in total. The Bertz CT molecular complexity index is 334. The first kappa shape index (κ1) is 31.6. The first-order valence-corrected chi connectivity index (χ1v) is 11.3. The van der Waals surface area contributed by atoms with E-state index in [1.807, 2.05) is 13.8 Å². The standard InChI is InChI=1S/C22H46O10/c1-6-26-14-20(30-11-8-23-3)16-28-18-22(32-13-10-25-5)19-29-17-21(15-27-7-2)31-12-9-24-4/h20-22H,6-19H2,1-5H3. The van der Waals surface area contributed by atoms with Crippen molar-refractivity contribution in [1.82, 2.24) is 0 Å². The summed E-state index contributed by atoms with van der Waals surface area (Å²) in [6, 6.07) is 0. The van der Waals surface area contributed by atoms with Crippen LogP contribution in [0.2, 0.25) is 0 Å². The molecule has 0 heterocycles. The quantitative estimate of drug-likeness (QED) is 0.172. The Morgan fingerprint density at radius 2 is 0.688 bits per heavy atom. The number of rotatable bonds is 26. The van der Waals surface area contributed by atoms with Crippen molar-refractivity contribution in [1.29, 1.82) is 0 Å². The van der Waals surface area contributed by atoms with Gasteiger partial charge < -0.3 is 47.4 Å². The van der Waals surface area contributed by atoms with E-state index in [0.717, 1.165) is 0 Å². The molecule has 32 heavy (non-hydrogen) atoms. The summed E-state index contributed by atoms with van der Waals surface area (Å²) in [5.74, 6) is 0. The molecule has 2 atom stereocenters. The second-order valence-corrected chi connectivity index (χ2v) is 6.85. The van der Waals surface area contributed by atoms with Crippen LogP contribution in [0.5, 0.6) is 0 Å². The molecule has 0 saturated carbocycles. The van der Waals surface area contributed by atoms with Gasteiger partial charge in [-0.2, -0.15) is 0 Å². The Labute approximate surface area is 194 Å². The fourth-order valence-corrected chi connectivity index (χ4v) is 2.49. The normalized spacial score (nSPS) is 14.5. The van der Waals surface area contributed by atoms with Gasteiger partial charge in [0.2, 0.25) is 0 Å². The summed E-state index contributed by atoms with van der Waals surface area (Å²) in [7, 11) is 4.92. The van der Waals surface area contributed by atoms with E-state index in [0.29, 0.717) is 92.5 Å². The minimum atomic E-state index is -0.247. The van der Waals surface area contributed by atoms with Crippen molar-refractivity contribution in [3.8, 4) is 0 Å². The fourth-order valence-electron chi connectivity index (χ4n) is 2.49. The van der Waals surface area contributed by atoms with E-state index < -0.39 is 0 Å². The van der Waals surface area contributed by atoms with Crippen molar-refractivity contribution in [2.24, 2.45) is 0 Å². The minimum absolute atomic E-state index is 0.171. The third-order valence-electron chi connectivity index (χ3n) is 4.15. The monoisotopic (exact) mass is 470 g/mol. The van der Waals surface area contributed by atoms with Crippen molar-refractivity contribution in [3.05, 3.63) is 0 Å². The molecule has 0 aromatic heterocycles. The van der Waals surface area contributed by atoms with Crippen LogP contribution in [-0.2, 0) is 47.4 Å². The van der Waals surface area contributed by atoms with E-state index in [4.69, 9.17) is 47.4 Å². The van der Waals surface area contributed by atoms with Crippen molar-refractivity contribution in [2.75, 3.05) is 114 Å². The van der Waals surface area contributed by atoms with E-state index in [-0.39, 0.29) is 18.3 Å². The first-order chi connectivity index (χ1) is 15.7. The second kappa shape index (κ2) is 25.2. The van der Waals surface area contributed by atoms with Crippen LogP contribution in [0, 0.1) is 0 Å². The van der Waals surface area contributed by atoms with Crippen LogP contribution in [0.3, 0.4) is 0 Å². The maximum atomic E-state index is 5.85. The summed E-state index contributed by atoms with van der Waals surface area (Å²) < 4.78 is 55.1. The lowest BCUT2D eigenvalue weighted by atomic mass is 10.3. The Kier molecular flexibility index (Phi) is 24.9. The zero-order valence-electron chi connectivity index (χ0n) is 20.7. The Hall–Kier alpha value is -0.400. The molecule has 0 N–H and O–H groups in total. The number of methoxy groups -OCH3 is 3. The van der Waals surface area contributed by atoms with E-state index >= 15 is 0 Å². The third-order valence-corrected chi connectivity index (χ3v) is 4.15. The molecular weight excluding hydrogens is 424 g/mol. The van der Waals surface area contributed by atoms with Crippen LogP contribution in [-0.4, -0.2) is 132 Å². The molecule has 2 unspecified atom stereocenters. The summed E-state index contributed by atoms with van der Waals surface area (Å²) in [6.45, 7) is 10.5. The Morgan fingerprint density at radius 3 is 0.938 bits per heavy atom. The van der Waals surface area contributed by atoms with Gasteiger partial charge in [-0.15, -0.1) is 0 Å². The third kappa shape index (κ3) is 20.2. The average molecular weight is 471 g/mol. The Balaban J connectivity index is 4.46. The molecule has 0 saturated heterocycles. The highest BCUT2D eigenvalue weighted by Crippen LogP contribution is 2.03. The van der Waals surface area contributed by atoms with Gasteiger partial charge in [-0.3, -0.25) is 0 Å². The lowest BCUT2D eigenvalue weighted by molar-refractivity contribution is -0.115. The summed E-state index contributed by atoms with van der Waals surface area (Å²) in [4.78, 5) is 0. The molecular formula is C22H46O10. The predicted molar refractivity (Wildman–Crippen MR) is 119 cm³/mol. The van der Waals surface area contributed by atoms with E-state index in [1.165, 1.54) is 0 Å². The Morgan fingerprint density at radius 1 is 0.406 bits per heavy atom. The van der Waals surface area contributed by atoms with Crippen LogP contribution in [0.15, 0.2) is 0 Å². The van der Waals surface area contributed by atoms with E-state index in [1.54, 1.807) is 21.3 Å². The molecule has 0 aliphatic rings. The maximum Gasteiger partial charge on any atom is 0.104 e. The highest BCUT2D eigenvalue weighted by atomic mass is 16.6. The molecule has 0 aromatic rings. The molecule has 0 aliphatic carbocycles. The van der Waals surface area contributed by atoms with Crippen molar-refractivity contribution in [2.45, 2.75) is 32.2 Å². The van der Waals surface area contributed by atoms with Gasteiger partial charge in [-0.05, 0) is 13.8 Å². The highest BCUT2D eigenvalue weighted by molar-refractivity contribution is 4.62. The molecule has 0 aliphatic heterocycles. The van der Waals surface area contributed by atoms with Gasteiger partial charge in [0.05, 0.1) is 79.3 Å². The molecule has 0 bridgehead atoms. The molecule has 0 spiro atoms. The lowest BCUT2D eigenvalue weighted by Crippen LogP contribution is -2.34. The second-order valence-electron chi connectivity index (χ2n) is 6.85. The molecule has 0 aromatic carbocycles. The minimum Gasteiger partial charge on any atom is -0.382 e. The number of hydrogen-bond donors (Lipinski definition) is 0. The van der Waals surface area contributed by atoms with Crippen LogP contribution in [0.25, 0.3) is 0 Å². The average Bonchev–Trinajstić information content (AvgIpc) is 2.80. The van der Waals surface area contributed by atoms with Gasteiger partial charge in [-0.25, -0.2) is 0 Å². The molecule has 194 valence electrons. The smallest absolute Gasteiger partial charge is 0.104 e. The number of ether oxygens (including phenoxy) is 10. The van der Waals surface area contributed by atoms with Crippen LogP contribution in [0.1, 0.15) is 13.8 Å². The maximum absolute atomic E-state index is 5.85. The first-order valence-electron chi connectivity index (χ1n) is 11.3. The van der Waals surface area contributed by atoms with Crippen molar-refractivity contribution in [3.63, 3.8) is 0 Å². The van der Waals surface area contributed by atoms with Crippen molar-refractivity contribution < 1.29 is 47.4 Å². The van der Waals surface area contributed by atoms with Gasteiger partial charge >= 0.3 is 0 Å².